The van der Waals surface area contributed by atoms with E-state index >= 15 is 0 Å². The first-order chi connectivity index (χ1) is 46.1. The van der Waals surface area contributed by atoms with Gasteiger partial charge in [-0.25, -0.2) is 0 Å². The first-order valence-corrected chi connectivity index (χ1v) is 33.8. The summed E-state index contributed by atoms with van der Waals surface area (Å²) in [6, 6.07) is 109. The summed E-state index contributed by atoms with van der Waals surface area (Å²) in [6.07, 6.45) is 7.27. The van der Waals surface area contributed by atoms with Crippen molar-refractivity contribution in [2.24, 2.45) is 0 Å². The minimum atomic E-state index is -0.144. The molecule has 1 aliphatic rings. The van der Waals surface area contributed by atoms with Crippen molar-refractivity contribution < 1.29 is 20.1 Å². The van der Waals surface area contributed by atoms with E-state index in [0.717, 1.165) is 61.4 Å². The fraction of sp³-hybridized carbons (Fsp3) is 0.122. The van der Waals surface area contributed by atoms with E-state index in [0.29, 0.717) is 5.82 Å². The standard InChI is InChI=1S/C59H51N2.C31H20NS.Ir/c1-39-34-48(44-25-16-22-42(36-44)21-9-6-5-8-18-41-19-10-7-11-20-41)35-40(2)55(39)57-52-28-17-27-49(46-31-30-43-23-12-13-24-45(43)37-46)56(52)60-58(61-57)47-32-33-51-50-26-14-15-29-53(50)59(3,4)54(51)38-47;1-2-9-22(10-3-1)23-11-6-12-24(19-23)25-13-7-14-26(20-25)27-15-8-16-28(21-27)31-32-29-17-4-5-18-30(29)33-31;/h7,10-17,19-20,22-31,33-38H,5-6,8-9,18,21H2,1-4H3;1-15,17-21H;/q2*-1;. The molecule has 16 rings (SSSR count). The van der Waals surface area contributed by atoms with Crippen LogP contribution in [0.1, 0.15) is 72.9 Å². The molecule has 2 heterocycles. The van der Waals surface area contributed by atoms with E-state index in [2.05, 4.69) is 313 Å². The van der Waals surface area contributed by atoms with Crippen LogP contribution in [0.15, 0.2) is 285 Å². The van der Waals surface area contributed by atoms with Crippen molar-refractivity contribution in [1.82, 2.24) is 15.0 Å². The molecule has 0 saturated heterocycles. The minimum Gasteiger partial charge on any atom is -0.285 e. The van der Waals surface area contributed by atoms with E-state index in [9.17, 15) is 0 Å². The summed E-state index contributed by atoms with van der Waals surface area (Å²) in [7, 11) is 0. The third-order valence-corrected chi connectivity index (χ3v) is 20.0. The molecule has 13 aromatic carbocycles. The van der Waals surface area contributed by atoms with Crippen LogP contribution in [0.3, 0.4) is 0 Å². The van der Waals surface area contributed by atoms with Crippen molar-refractivity contribution in [2.75, 3.05) is 0 Å². The summed E-state index contributed by atoms with van der Waals surface area (Å²) in [5, 5.41) is 4.49. The molecule has 0 unspecified atom stereocenters. The molecule has 3 nitrogen and oxygen atoms in total. The normalized spacial score (nSPS) is 12.0. The second-order valence-electron chi connectivity index (χ2n) is 25.6. The molecule has 0 amide bonds. The van der Waals surface area contributed by atoms with Gasteiger partial charge in [-0.3, -0.25) is 15.0 Å². The maximum Gasteiger partial charge on any atom is 0.0763 e. The average Bonchev–Trinajstić information content (AvgIpc) is 1.69. The molecular weight excluding hydrogens is 1350 g/mol. The van der Waals surface area contributed by atoms with Crippen LogP contribution >= 0.6 is 11.3 Å². The summed E-state index contributed by atoms with van der Waals surface area (Å²) < 4.78 is 1.20. The number of hydrogen-bond acceptors (Lipinski definition) is 4. The Labute approximate surface area is 576 Å². The van der Waals surface area contributed by atoms with Gasteiger partial charge in [0.2, 0.25) is 0 Å². The maximum absolute atomic E-state index is 5.52. The van der Waals surface area contributed by atoms with Gasteiger partial charge in [0.1, 0.15) is 0 Å². The maximum atomic E-state index is 5.52. The van der Waals surface area contributed by atoms with Crippen LogP contribution in [-0.2, 0) is 38.4 Å². The molecule has 0 atom stereocenters. The zero-order valence-electron chi connectivity index (χ0n) is 54.0. The van der Waals surface area contributed by atoms with Crippen molar-refractivity contribution in [3.63, 3.8) is 0 Å². The molecule has 2 aromatic heterocycles. The number of benzene rings is 13. The summed E-state index contributed by atoms with van der Waals surface area (Å²) >= 11 is 1.71. The number of aryl methyl sites for hydroxylation is 4. The number of thiazole rings is 1. The SMILES string of the molecule is Cc1cc(-c2cccc(CCCCCCc3ccccc3)c2)cc(C)c1-c1nc(-c2[c-]cc3c(c2)C(C)(C)c2ccccc2-3)nc2c(-c3ccc4ccccc4c3)cccc12.[Ir].[c-]1ccc(-c2cccc(-c3cccc(-c4ccccc4)c3)c2)cc1-c1nc2ccccc2s1. The van der Waals surface area contributed by atoms with Crippen molar-refractivity contribution >= 4 is 43.2 Å². The first kappa shape index (κ1) is 62.4. The number of hydrogen-bond donors (Lipinski definition) is 0. The number of unbranched alkanes of at least 4 members (excludes halogenated alkanes) is 3. The molecule has 0 aliphatic heterocycles. The summed E-state index contributed by atoms with van der Waals surface area (Å²) in [6.45, 7) is 9.13. The monoisotopic (exact) mass is 1420 g/mol. The Morgan fingerprint density at radius 2 is 0.979 bits per heavy atom. The quantitative estimate of drug-likeness (QED) is 0.0758. The van der Waals surface area contributed by atoms with Crippen molar-refractivity contribution in [3.8, 4) is 100.0 Å². The van der Waals surface area contributed by atoms with Crippen LogP contribution in [0.25, 0.3) is 132 Å². The molecule has 95 heavy (non-hydrogen) atoms. The fourth-order valence-electron chi connectivity index (χ4n) is 14.0. The minimum absolute atomic E-state index is 0. The number of aromatic nitrogens is 3. The van der Waals surface area contributed by atoms with Crippen LogP contribution in [0, 0.1) is 26.0 Å². The van der Waals surface area contributed by atoms with Gasteiger partial charge >= 0.3 is 0 Å². The first-order valence-electron chi connectivity index (χ1n) is 33.0. The number of rotatable bonds is 15. The largest absolute Gasteiger partial charge is 0.285 e. The van der Waals surface area contributed by atoms with Crippen molar-refractivity contribution in [3.05, 3.63) is 331 Å². The van der Waals surface area contributed by atoms with E-state index in [4.69, 9.17) is 15.0 Å². The molecule has 1 radical (unpaired) electrons. The molecule has 5 heteroatoms. The molecule has 0 N–H and O–H groups in total. The van der Waals surface area contributed by atoms with Crippen molar-refractivity contribution in [2.45, 2.75) is 71.6 Å². The van der Waals surface area contributed by atoms with E-state index in [-0.39, 0.29) is 25.5 Å². The molecule has 0 saturated carbocycles. The fourth-order valence-corrected chi connectivity index (χ4v) is 15.0. The van der Waals surface area contributed by atoms with Gasteiger partial charge in [0.15, 0.2) is 0 Å². The summed E-state index contributed by atoms with van der Waals surface area (Å²) in [5.74, 6) is 0.695. The van der Waals surface area contributed by atoms with Crippen LogP contribution in [0.2, 0.25) is 0 Å². The Hall–Kier alpha value is -10.0. The zero-order chi connectivity index (χ0) is 63.5. The second-order valence-corrected chi connectivity index (χ2v) is 26.6. The topological polar surface area (TPSA) is 38.7 Å². The third-order valence-electron chi connectivity index (χ3n) is 18.9. The van der Waals surface area contributed by atoms with Crippen LogP contribution < -0.4 is 0 Å². The van der Waals surface area contributed by atoms with Gasteiger partial charge in [-0.2, -0.15) is 11.3 Å². The molecular formula is C90H71IrN3S-2. The summed E-state index contributed by atoms with van der Waals surface area (Å²) in [5.41, 5.74) is 28.3. The van der Waals surface area contributed by atoms with E-state index in [1.165, 1.54) is 137 Å². The third kappa shape index (κ3) is 13.1. The molecule has 463 valence electrons. The molecule has 0 bridgehead atoms. The molecule has 15 aromatic rings. The van der Waals surface area contributed by atoms with Crippen LogP contribution in [-0.4, -0.2) is 15.0 Å². The summed E-state index contributed by atoms with van der Waals surface area (Å²) in [4.78, 5) is 15.8. The van der Waals surface area contributed by atoms with E-state index in [1.54, 1.807) is 11.3 Å². The second kappa shape index (κ2) is 27.5. The van der Waals surface area contributed by atoms with Gasteiger partial charge in [0.25, 0.3) is 0 Å². The Balaban J connectivity index is 0.000000192. The number of para-hydroxylation sites is 2. The predicted molar refractivity (Wildman–Crippen MR) is 397 cm³/mol. The van der Waals surface area contributed by atoms with Crippen molar-refractivity contribution in [1.29, 1.82) is 0 Å². The Bertz CT molecular complexity index is 5220. The molecule has 0 spiro atoms. The number of nitrogens with zero attached hydrogens (tertiary/aromatic N) is 3. The molecule has 0 fully saturated rings. The zero-order valence-corrected chi connectivity index (χ0v) is 57.2. The number of fused-ring (bicyclic) bond motifs is 6. The van der Waals surface area contributed by atoms with E-state index < -0.39 is 0 Å². The van der Waals surface area contributed by atoms with Gasteiger partial charge in [-0.05, 0) is 158 Å². The van der Waals surface area contributed by atoms with Gasteiger partial charge < -0.3 is 0 Å². The van der Waals surface area contributed by atoms with Gasteiger partial charge in [0, 0.05) is 46.3 Å². The Kier molecular flexibility index (Phi) is 18.1. The predicted octanol–water partition coefficient (Wildman–Crippen LogP) is 24.3. The average molecular weight is 1420 g/mol. The molecule has 1 aliphatic carbocycles. The Morgan fingerprint density at radius 3 is 1.73 bits per heavy atom. The van der Waals surface area contributed by atoms with Crippen LogP contribution in [0.4, 0.5) is 0 Å². The van der Waals surface area contributed by atoms with Gasteiger partial charge in [-0.1, -0.05) is 262 Å². The van der Waals surface area contributed by atoms with Gasteiger partial charge in [-0.15, -0.1) is 64.7 Å². The van der Waals surface area contributed by atoms with Crippen LogP contribution in [0.5, 0.6) is 0 Å². The Morgan fingerprint density at radius 1 is 0.389 bits per heavy atom. The smallest absolute Gasteiger partial charge is 0.0763 e. The van der Waals surface area contributed by atoms with Gasteiger partial charge in [0.05, 0.1) is 22.6 Å². The van der Waals surface area contributed by atoms with E-state index in [1.807, 2.05) is 12.1 Å².